The standard InChI is InChI=1S/C17H16Cl2N2O3/c18-12-4-3-11(7-13(12)19)16-9-21(5-6-23-16)17(22)15-8-14(20-24-15)10-1-2-10/h3-4,7-8,10,16H,1-2,5-6,9H2. The number of nitrogens with zero attached hydrogens (tertiary/aromatic N) is 2. The second kappa shape index (κ2) is 6.39. The summed E-state index contributed by atoms with van der Waals surface area (Å²) in [4.78, 5) is 14.4. The lowest BCUT2D eigenvalue weighted by atomic mass is 10.1. The van der Waals surface area contributed by atoms with Gasteiger partial charge in [-0.05, 0) is 30.5 Å². The van der Waals surface area contributed by atoms with Crippen LogP contribution in [0.15, 0.2) is 28.8 Å². The van der Waals surface area contributed by atoms with E-state index in [2.05, 4.69) is 5.16 Å². The zero-order valence-corrected chi connectivity index (χ0v) is 14.4. The van der Waals surface area contributed by atoms with Crippen LogP contribution in [-0.2, 0) is 4.74 Å². The maximum Gasteiger partial charge on any atom is 0.292 e. The van der Waals surface area contributed by atoms with Gasteiger partial charge < -0.3 is 14.2 Å². The number of aromatic nitrogens is 1. The minimum atomic E-state index is -0.233. The van der Waals surface area contributed by atoms with E-state index in [0.717, 1.165) is 24.1 Å². The van der Waals surface area contributed by atoms with Gasteiger partial charge in [0.05, 0.1) is 28.9 Å². The molecule has 7 heteroatoms. The number of carbonyl (C=O) groups excluding carboxylic acids is 1. The predicted molar refractivity (Wildman–Crippen MR) is 89.5 cm³/mol. The van der Waals surface area contributed by atoms with Gasteiger partial charge in [-0.2, -0.15) is 0 Å². The maximum absolute atomic E-state index is 12.6. The van der Waals surface area contributed by atoms with E-state index >= 15 is 0 Å². The molecule has 1 aliphatic carbocycles. The molecular weight excluding hydrogens is 351 g/mol. The molecule has 5 nitrogen and oxygen atoms in total. The van der Waals surface area contributed by atoms with Crippen LogP contribution >= 0.6 is 23.2 Å². The van der Waals surface area contributed by atoms with Crippen LogP contribution in [0.5, 0.6) is 0 Å². The minimum Gasteiger partial charge on any atom is -0.370 e. The smallest absolute Gasteiger partial charge is 0.292 e. The lowest BCUT2D eigenvalue weighted by Crippen LogP contribution is -2.42. The number of amides is 1. The molecule has 1 unspecified atom stereocenters. The number of halogens is 2. The summed E-state index contributed by atoms with van der Waals surface area (Å²) < 4.78 is 11.0. The molecule has 4 rings (SSSR count). The Bertz CT molecular complexity index is 773. The van der Waals surface area contributed by atoms with Crippen molar-refractivity contribution >= 4 is 29.1 Å². The van der Waals surface area contributed by atoms with Crippen molar-refractivity contribution < 1.29 is 14.1 Å². The molecule has 1 amide bonds. The summed E-state index contributed by atoms with van der Waals surface area (Å²) in [5.41, 5.74) is 1.78. The van der Waals surface area contributed by atoms with Gasteiger partial charge in [0, 0.05) is 18.5 Å². The van der Waals surface area contributed by atoms with Gasteiger partial charge >= 0.3 is 0 Å². The van der Waals surface area contributed by atoms with Gasteiger partial charge in [-0.1, -0.05) is 34.4 Å². The number of carbonyl (C=O) groups is 1. The van der Waals surface area contributed by atoms with Crippen LogP contribution in [-0.4, -0.2) is 35.7 Å². The van der Waals surface area contributed by atoms with E-state index in [-0.39, 0.29) is 12.0 Å². The van der Waals surface area contributed by atoms with Crippen molar-refractivity contribution in [3.63, 3.8) is 0 Å². The van der Waals surface area contributed by atoms with Crippen LogP contribution in [0, 0.1) is 0 Å². The van der Waals surface area contributed by atoms with Gasteiger partial charge in [-0.3, -0.25) is 4.79 Å². The summed E-state index contributed by atoms with van der Waals surface area (Å²) in [7, 11) is 0. The molecule has 126 valence electrons. The highest BCUT2D eigenvalue weighted by atomic mass is 35.5. The highest BCUT2D eigenvalue weighted by molar-refractivity contribution is 6.42. The van der Waals surface area contributed by atoms with Crippen LogP contribution < -0.4 is 0 Å². The zero-order valence-electron chi connectivity index (χ0n) is 12.9. The first kappa shape index (κ1) is 15.9. The van der Waals surface area contributed by atoms with Crippen molar-refractivity contribution in [2.24, 2.45) is 0 Å². The normalized spacial score (nSPS) is 21.1. The molecule has 2 aromatic rings. The molecule has 24 heavy (non-hydrogen) atoms. The van der Waals surface area contributed by atoms with Crippen molar-refractivity contribution in [2.45, 2.75) is 24.9 Å². The fourth-order valence-electron chi connectivity index (χ4n) is 2.87. The molecule has 0 N–H and O–H groups in total. The van der Waals surface area contributed by atoms with Gasteiger partial charge in [0.25, 0.3) is 5.91 Å². The first-order valence-electron chi connectivity index (χ1n) is 7.94. The first-order chi connectivity index (χ1) is 11.6. The Morgan fingerprint density at radius 3 is 2.79 bits per heavy atom. The Kier molecular flexibility index (Phi) is 4.24. The zero-order chi connectivity index (χ0) is 16.7. The number of ether oxygens (including phenoxy) is 1. The van der Waals surface area contributed by atoms with E-state index in [4.69, 9.17) is 32.5 Å². The molecule has 2 fully saturated rings. The Hall–Kier alpha value is -1.56. The lowest BCUT2D eigenvalue weighted by Gasteiger charge is -2.32. The van der Waals surface area contributed by atoms with E-state index in [1.807, 2.05) is 6.07 Å². The van der Waals surface area contributed by atoms with Crippen LogP contribution in [0.25, 0.3) is 0 Å². The molecule has 1 aromatic heterocycles. The van der Waals surface area contributed by atoms with Crippen LogP contribution in [0.3, 0.4) is 0 Å². The Labute approximate surface area is 149 Å². The fraction of sp³-hybridized carbons (Fsp3) is 0.412. The van der Waals surface area contributed by atoms with Gasteiger partial charge in [-0.15, -0.1) is 0 Å². The Morgan fingerprint density at radius 2 is 2.04 bits per heavy atom. The van der Waals surface area contributed by atoms with Crippen molar-refractivity contribution in [3.05, 3.63) is 51.3 Å². The molecule has 0 radical (unpaired) electrons. The van der Waals surface area contributed by atoms with Crippen molar-refractivity contribution in [1.29, 1.82) is 0 Å². The molecule has 1 aromatic carbocycles. The van der Waals surface area contributed by atoms with Crippen molar-refractivity contribution in [2.75, 3.05) is 19.7 Å². The number of benzene rings is 1. The van der Waals surface area contributed by atoms with Crippen LogP contribution in [0.2, 0.25) is 10.0 Å². The molecule has 1 saturated heterocycles. The summed E-state index contributed by atoms with van der Waals surface area (Å²) in [5, 5.41) is 4.98. The summed E-state index contributed by atoms with van der Waals surface area (Å²) in [5.74, 6) is 0.610. The molecule has 0 bridgehead atoms. The highest BCUT2D eigenvalue weighted by Crippen LogP contribution is 2.39. The van der Waals surface area contributed by atoms with E-state index < -0.39 is 0 Å². The monoisotopic (exact) mass is 366 g/mol. The molecule has 2 aliphatic rings. The molecular formula is C17H16Cl2N2O3. The van der Waals surface area contributed by atoms with Crippen LogP contribution in [0.4, 0.5) is 0 Å². The van der Waals surface area contributed by atoms with Crippen LogP contribution in [0.1, 0.15) is 46.7 Å². The Morgan fingerprint density at radius 1 is 1.21 bits per heavy atom. The third-order valence-corrected chi connectivity index (χ3v) is 5.14. The van der Waals surface area contributed by atoms with E-state index in [1.165, 1.54) is 0 Å². The van der Waals surface area contributed by atoms with E-state index in [0.29, 0.717) is 41.4 Å². The number of hydrogen-bond acceptors (Lipinski definition) is 4. The van der Waals surface area contributed by atoms with E-state index in [9.17, 15) is 4.79 Å². The summed E-state index contributed by atoms with van der Waals surface area (Å²) >= 11 is 12.0. The van der Waals surface area contributed by atoms with Gasteiger partial charge in [0.2, 0.25) is 5.76 Å². The summed E-state index contributed by atoms with van der Waals surface area (Å²) in [6.45, 7) is 1.42. The average Bonchev–Trinajstić information content (AvgIpc) is 3.34. The van der Waals surface area contributed by atoms with Gasteiger partial charge in [0.1, 0.15) is 6.10 Å². The van der Waals surface area contributed by atoms with Crippen molar-refractivity contribution in [1.82, 2.24) is 10.1 Å². The van der Waals surface area contributed by atoms with Gasteiger partial charge in [-0.25, -0.2) is 0 Å². The molecule has 1 aliphatic heterocycles. The number of rotatable bonds is 3. The minimum absolute atomic E-state index is 0.150. The van der Waals surface area contributed by atoms with Crippen molar-refractivity contribution in [3.8, 4) is 0 Å². The summed E-state index contributed by atoms with van der Waals surface area (Å²) in [6, 6.07) is 7.15. The SMILES string of the molecule is O=C(c1cc(C2CC2)no1)N1CCOC(c2ccc(Cl)c(Cl)c2)C1. The Balaban J connectivity index is 1.48. The number of morpholine rings is 1. The lowest BCUT2D eigenvalue weighted by molar-refractivity contribution is -0.0240. The van der Waals surface area contributed by atoms with E-state index in [1.54, 1.807) is 23.1 Å². The average molecular weight is 367 g/mol. The topological polar surface area (TPSA) is 55.6 Å². The quantitative estimate of drug-likeness (QED) is 0.821. The highest BCUT2D eigenvalue weighted by Gasteiger charge is 2.31. The molecule has 1 atom stereocenters. The third-order valence-electron chi connectivity index (χ3n) is 4.40. The molecule has 1 saturated carbocycles. The molecule has 0 spiro atoms. The predicted octanol–water partition coefficient (Wildman–Crippen LogP) is 4.07. The summed E-state index contributed by atoms with van der Waals surface area (Å²) in [6.07, 6.45) is 2.01. The second-order valence-electron chi connectivity index (χ2n) is 6.17. The second-order valence-corrected chi connectivity index (χ2v) is 6.99. The maximum atomic E-state index is 12.6. The third kappa shape index (κ3) is 3.16. The molecule has 2 heterocycles. The largest absolute Gasteiger partial charge is 0.370 e. The van der Waals surface area contributed by atoms with Gasteiger partial charge in [0.15, 0.2) is 0 Å². The fourth-order valence-corrected chi connectivity index (χ4v) is 3.17. The number of hydrogen-bond donors (Lipinski definition) is 0. The first-order valence-corrected chi connectivity index (χ1v) is 8.70.